The van der Waals surface area contributed by atoms with Crippen LogP contribution < -0.4 is 14.8 Å². The number of ether oxygens (including phenoxy) is 2. The van der Waals surface area contributed by atoms with E-state index in [1.807, 2.05) is 14.0 Å². The predicted molar refractivity (Wildman–Crippen MR) is 64.5 cm³/mol. The summed E-state index contributed by atoms with van der Waals surface area (Å²) in [5, 5.41) is 3.22. The van der Waals surface area contributed by atoms with Crippen LogP contribution in [0.3, 0.4) is 0 Å². The van der Waals surface area contributed by atoms with Crippen LogP contribution in [0, 0.1) is 0 Å². The molecule has 0 radical (unpaired) electrons. The number of methoxy groups -OCH3 is 1. The van der Waals surface area contributed by atoms with Crippen LogP contribution >= 0.6 is 0 Å². The van der Waals surface area contributed by atoms with E-state index in [0.717, 1.165) is 24.5 Å². The molecule has 0 fully saturated rings. The third kappa shape index (κ3) is 1.87. The predicted octanol–water partition coefficient (Wildman–Crippen LogP) is 1.95. The van der Waals surface area contributed by atoms with Crippen molar-refractivity contribution in [3.05, 3.63) is 23.3 Å². The summed E-state index contributed by atoms with van der Waals surface area (Å²) in [4.78, 5) is 0. The average molecular weight is 221 g/mol. The van der Waals surface area contributed by atoms with Gasteiger partial charge in [-0.3, -0.25) is 0 Å². The highest BCUT2D eigenvalue weighted by molar-refractivity contribution is 5.53. The second kappa shape index (κ2) is 4.74. The Bertz CT molecular complexity index is 376. The van der Waals surface area contributed by atoms with Crippen LogP contribution in [0.2, 0.25) is 0 Å². The first kappa shape index (κ1) is 11.3. The Kier molecular flexibility index (Phi) is 3.34. The number of benzene rings is 1. The second-order valence-electron chi connectivity index (χ2n) is 4.09. The zero-order chi connectivity index (χ0) is 11.5. The molecule has 1 N–H and O–H groups in total. The van der Waals surface area contributed by atoms with E-state index in [-0.39, 0.29) is 0 Å². The van der Waals surface area contributed by atoms with Crippen molar-refractivity contribution in [3.63, 3.8) is 0 Å². The third-order valence-electron chi connectivity index (χ3n) is 3.08. The molecule has 1 aromatic rings. The Hall–Kier alpha value is -1.22. The summed E-state index contributed by atoms with van der Waals surface area (Å²) in [6.07, 6.45) is 1.14. The molecule has 0 aliphatic heterocycles. The maximum Gasteiger partial charge on any atom is 0.161 e. The van der Waals surface area contributed by atoms with Gasteiger partial charge in [-0.15, -0.1) is 0 Å². The SMILES string of the molecule is CCOc1cc2c(cc1OC)CC2CNC. The van der Waals surface area contributed by atoms with Crippen LogP contribution in [0.1, 0.15) is 24.0 Å². The fraction of sp³-hybridized carbons (Fsp3) is 0.538. The highest BCUT2D eigenvalue weighted by Crippen LogP contribution is 2.42. The van der Waals surface area contributed by atoms with Gasteiger partial charge < -0.3 is 14.8 Å². The maximum absolute atomic E-state index is 5.58. The second-order valence-corrected chi connectivity index (χ2v) is 4.09. The normalized spacial score (nSPS) is 17.6. The molecular formula is C13H19NO2. The molecule has 1 aromatic carbocycles. The molecule has 0 saturated heterocycles. The van der Waals surface area contributed by atoms with Crippen LogP contribution in [0.25, 0.3) is 0 Å². The summed E-state index contributed by atoms with van der Waals surface area (Å²) >= 11 is 0. The molecular weight excluding hydrogens is 202 g/mol. The summed E-state index contributed by atoms with van der Waals surface area (Å²) in [5.41, 5.74) is 2.79. The maximum atomic E-state index is 5.58. The van der Waals surface area contributed by atoms with E-state index >= 15 is 0 Å². The van der Waals surface area contributed by atoms with Crippen LogP contribution in [-0.2, 0) is 6.42 Å². The summed E-state index contributed by atoms with van der Waals surface area (Å²) < 4.78 is 10.9. The van der Waals surface area contributed by atoms with Crippen molar-refractivity contribution < 1.29 is 9.47 Å². The number of rotatable bonds is 5. The molecule has 2 rings (SSSR count). The molecule has 1 atom stereocenters. The van der Waals surface area contributed by atoms with Gasteiger partial charge in [0.25, 0.3) is 0 Å². The molecule has 0 amide bonds. The van der Waals surface area contributed by atoms with Gasteiger partial charge in [-0.25, -0.2) is 0 Å². The number of hydrogen-bond acceptors (Lipinski definition) is 3. The van der Waals surface area contributed by atoms with Gasteiger partial charge in [0.1, 0.15) is 0 Å². The lowest BCUT2D eigenvalue weighted by molar-refractivity contribution is 0.309. The molecule has 0 aromatic heterocycles. The molecule has 0 bridgehead atoms. The first-order valence-corrected chi connectivity index (χ1v) is 5.78. The smallest absolute Gasteiger partial charge is 0.161 e. The minimum Gasteiger partial charge on any atom is -0.493 e. The standard InChI is InChI=1S/C13H19NO2/c1-4-16-13-7-11-9(6-12(13)15-3)5-10(11)8-14-2/h6-7,10,14H,4-5,8H2,1-3H3. The molecule has 1 unspecified atom stereocenters. The number of likely N-dealkylation sites (N-methyl/N-ethyl adjacent to an activating group) is 1. The Morgan fingerprint density at radius 2 is 2.19 bits per heavy atom. The largest absolute Gasteiger partial charge is 0.493 e. The van der Waals surface area contributed by atoms with Crippen LogP contribution in [-0.4, -0.2) is 27.3 Å². The van der Waals surface area contributed by atoms with Crippen molar-refractivity contribution in [1.29, 1.82) is 0 Å². The van der Waals surface area contributed by atoms with Gasteiger partial charge in [-0.2, -0.15) is 0 Å². The molecule has 1 aliphatic rings. The number of hydrogen-bond donors (Lipinski definition) is 1. The van der Waals surface area contributed by atoms with E-state index in [1.54, 1.807) is 7.11 Å². The van der Waals surface area contributed by atoms with Gasteiger partial charge in [0.2, 0.25) is 0 Å². The minimum atomic E-state index is 0.630. The summed E-state index contributed by atoms with van der Waals surface area (Å²) in [6.45, 7) is 3.70. The topological polar surface area (TPSA) is 30.5 Å². The molecule has 16 heavy (non-hydrogen) atoms. The Labute approximate surface area is 96.8 Å². The summed E-state index contributed by atoms with van der Waals surface area (Å²) in [5.74, 6) is 2.35. The van der Waals surface area contributed by atoms with Crippen LogP contribution in [0.15, 0.2) is 12.1 Å². The number of nitrogens with one attached hydrogen (secondary N) is 1. The minimum absolute atomic E-state index is 0.630. The summed E-state index contributed by atoms with van der Waals surface area (Å²) in [7, 11) is 3.68. The van der Waals surface area contributed by atoms with E-state index in [4.69, 9.17) is 9.47 Å². The van der Waals surface area contributed by atoms with Gasteiger partial charge in [-0.05, 0) is 43.7 Å². The van der Waals surface area contributed by atoms with Crippen LogP contribution in [0.5, 0.6) is 11.5 Å². The third-order valence-corrected chi connectivity index (χ3v) is 3.08. The fourth-order valence-corrected chi connectivity index (χ4v) is 2.28. The molecule has 0 saturated carbocycles. The van der Waals surface area contributed by atoms with E-state index in [9.17, 15) is 0 Å². The highest BCUT2D eigenvalue weighted by atomic mass is 16.5. The van der Waals surface area contributed by atoms with E-state index in [2.05, 4.69) is 17.4 Å². The van der Waals surface area contributed by atoms with Gasteiger partial charge >= 0.3 is 0 Å². The molecule has 3 heteroatoms. The first-order valence-electron chi connectivity index (χ1n) is 5.78. The van der Waals surface area contributed by atoms with Crippen molar-refractivity contribution >= 4 is 0 Å². The average Bonchev–Trinajstić information content (AvgIpc) is 2.28. The highest BCUT2D eigenvalue weighted by Gasteiger charge is 2.27. The molecule has 1 aliphatic carbocycles. The van der Waals surface area contributed by atoms with Gasteiger partial charge in [0.15, 0.2) is 11.5 Å². The summed E-state index contributed by atoms with van der Waals surface area (Å²) in [6, 6.07) is 4.23. The van der Waals surface area contributed by atoms with E-state index in [0.29, 0.717) is 12.5 Å². The first-order chi connectivity index (χ1) is 7.80. The molecule has 0 spiro atoms. The van der Waals surface area contributed by atoms with E-state index < -0.39 is 0 Å². The van der Waals surface area contributed by atoms with Crippen molar-refractivity contribution in [2.24, 2.45) is 0 Å². The zero-order valence-corrected chi connectivity index (χ0v) is 10.2. The van der Waals surface area contributed by atoms with E-state index in [1.165, 1.54) is 11.1 Å². The molecule has 0 heterocycles. The lowest BCUT2D eigenvalue weighted by Gasteiger charge is -2.31. The number of fused-ring (bicyclic) bond motifs is 1. The molecule has 3 nitrogen and oxygen atoms in total. The van der Waals surface area contributed by atoms with Gasteiger partial charge in [-0.1, -0.05) is 0 Å². The Morgan fingerprint density at radius 3 is 2.81 bits per heavy atom. The Balaban J connectivity index is 2.25. The van der Waals surface area contributed by atoms with Crippen molar-refractivity contribution in [3.8, 4) is 11.5 Å². The molecule has 88 valence electrons. The van der Waals surface area contributed by atoms with Crippen molar-refractivity contribution in [1.82, 2.24) is 5.32 Å². The Morgan fingerprint density at radius 1 is 1.38 bits per heavy atom. The van der Waals surface area contributed by atoms with Crippen molar-refractivity contribution in [2.75, 3.05) is 27.3 Å². The van der Waals surface area contributed by atoms with Crippen LogP contribution in [0.4, 0.5) is 0 Å². The lowest BCUT2D eigenvalue weighted by Crippen LogP contribution is -2.27. The lowest BCUT2D eigenvalue weighted by atomic mass is 9.77. The zero-order valence-electron chi connectivity index (χ0n) is 10.2. The monoisotopic (exact) mass is 221 g/mol. The quantitative estimate of drug-likeness (QED) is 0.824. The van der Waals surface area contributed by atoms with Crippen molar-refractivity contribution in [2.45, 2.75) is 19.3 Å². The fourth-order valence-electron chi connectivity index (χ4n) is 2.28. The van der Waals surface area contributed by atoms with Gasteiger partial charge in [0, 0.05) is 12.5 Å². The van der Waals surface area contributed by atoms with Gasteiger partial charge in [0.05, 0.1) is 13.7 Å².